The summed E-state index contributed by atoms with van der Waals surface area (Å²) in [5, 5.41) is 1.96. The molecule has 2 heterocycles. The van der Waals surface area contributed by atoms with Crippen LogP contribution in [0.5, 0.6) is 5.75 Å². The Morgan fingerprint density at radius 1 is 1.24 bits per heavy atom. The maximum atomic E-state index is 6.57. The molecular formula is C17H16Cl2IN3OS. The van der Waals surface area contributed by atoms with Gasteiger partial charge in [-0.15, -0.1) is 11.3 Å². The Bertz CT molecular complexity index is 930. The Morgan fingerprint density at radius 2 is 2.00 bits per heavy atom. The van der Waals surface area contributed by atoms with Gasteiger partial charge in [-0.25, -0.2) is 9.97 Å². The number of halogens is 3. The zero-order valence-electron chi connectivity index (χ0n) is 13.9. The Labute approximate surface area is 174 Å². The predicted molar refractivity (Wildman–Crippen MR) is 114 cm³/mol. The lowest BCUT2D eigenvalue weighted by atomic mass is 10.0. The van der Waals surface area contributed by atoms with Gasteiger partial charge in [-0.3, -0.25) is 0 Å². The summed E-state index contributed by atoms with van der Waals surface area (Å²) in [6, 6.07) is 3.94. The third-order valence-corrected chi connectivity index (χ3v) is 6.66. The number of fused-ring (bicyclic) bond motifs is 1. The molecule has 0 aliphatic carbocycles. The van der Waals surface area contributed by atoms with Gasteiger partial charge < -0.3 is 9.64 Å². The first-order valence-electron chi connectivity index (χ1n) is 7.55. The molecule has 4 nitrogen and oxygen atoms in total. The molecule has 0 bridgehead atoms. The van der Waals surface area contributed by atoms with E-state index in [1.807, 2.05) is 33.2 Å². The van der Waals surface area contributed by atoms with Gasteiger partial charge in [0.05, 0.1) is 13.3 Å². The lowest BCUT2D eigenvalue weighted by Gasteiger charge is -2.15. The van der Waals surface area contributed by atoms with Crippen LogP contribution in [0, 0.1) is 9.81 Å². The molecule has 0 aliphatic rings. The van der Waals surface area contributed by atoms with Crippen LogP contribution in [-0.2, 0) is 0 Å². The van der Waals surface area contributed by atoms with Crippen LogP contribution in [0.15, 0.2) is 18.5 Å². The van der Waals surface area contributed by atoms with E-state index in [2.05, 4.69) is 37.5 Å². The third-order valence-electron chi connectivity index (χ3n) is 3.82. The first kappa shape index (κ1) is 19.1. The van der Waals surface area contributed by atoms with Crippen molar-refractivity contribution in [3.63, 3.8) is 0 Å². The van der Waals surface area contributed by atoms with Crippen molar-refractivity contribution >= 4 is 67.3 Å². The summed E-state index contributed by atoms with van der Waals surface area (Å²) in [6.07, 6.45) is 1.49. The van der Waals surface area contributed by atoms with E-state index in [1.54, 1.807) is 11.3 Å². The summed E-state index contributed by atoms with van der Waals surface area (Å²) >= 11 is 16.8. The number of hydrogen-bond donors (Lipinski definition) is 0. The molecule has 0 N–H and O–H groups in total. The maximum absolute atomic E-state index is 6.57. The minimum Gasteiger partial charge on any atom is -0.491 e. The second kappa shape index (κ2) is 7.92. The summed E-state index contributed by atoms with van der Waals surface area (Å²) in [5.74, 6) is 0.696. The summed E-state index contributed by atoms with van der Waals surface area (Å²) < 4.78 is 6.93. The van der Waals surface area contributed by atoms with Gasteiger partial charge in [0.15, 0.2) is 0 Å². The highest BCUT2D eigenvalue weighted by molar-refractivity contribution is 14.1. The molecule has 0 radical (unpaired) electrons. The fraction of sp³-hybridized carbons (Fsp3) is 0.294. The lowest BCUT2D eigenvalue weighted by Crippen LogP contribution is -2.19. The van der Waals surface area contributed by atoms with Crippen LogP contribution in [0.2, 0.25) is 10.2 Å². The van der Waals surface area contributed by atoms with Crippen molar-refractivity contribution in [1.29, 1.82) is 0 Å². The van der Waals surface area contributed by atoms with Gasteiger partial charge in [0.1, 0.15) is 28.7 Å². The molecule has 132 valence electrons. The van der Waals surface area contributed by atoms with E-state index >= 15 is 0 Å². The molecule has 25 heavy (non-hydrogen) atoms. The summed E-state index contributed by atoms with van der Waals surface area (Å²) in [7, 11) is 4.02. The van der Waals surface area contributed by atoms with Gasteiger partial charge in [0.25, 0.3) is 0 Å². The SMILES string of the molecule is Cc1c(-c2c(I)sc3ncnc(Cl)c23)ccc(OCCN(C)C)c1Cl. The van der Waals surface area contributed by atoms with Crippen LogP contribution < -0.4 is 4.74 Å². The molecule has 0 saturated carbocycles. The van der Waals surface area contributed by atoms with E-state index in [-0.39, 0.29) is 0 Å². The van der Waals surface area contributed by atoms with Crippen molar-refractivity contribution in [1.82, 2.24) is 14.9 Å². The molecular weight excluding hydrogens is 492 g/mol. The highest BCUT2D eigenvalue weighted by atomic mass is 127. The molecule has 0 spiro atoms. The van der Waals surface area contributed by atoms with Gasteiger partial charge in [-0.2, -0.15) is 0 Å². The fourth-order valence-electron chi connectivity index (χ4n) is 2.49. The summed E-state index contributed by atoms with van der Waals surface area (Å²) in [6.45, 7) is 3.41. The number of rotatable bonds is 5. The normalized spacial score (nSPS) is 11.5. The first-order chi connectivity index (χ1) is 11.9. The number of aromatic nitrogens is 2. The van der Waals surface area contributed by atoms with E-state index in [1.165, 1.54) is 6.33 Å². The summed E-state index contributed by atoms with van der Waals surface area (Å²) in [4.78, 5) is 11.4. The molecule has 1 aromatic carbocycles. The second-order valence-electron chi connectivity index (χ2n) is 5.80. The average Bonchev–Trinajstić information content (AvgIpc) is 2.89. The van der Waals surface area contributed by atoms with Crippen molar-refractivity contribution in [2.75, 3.05) is 27.2 Å². The van der Waals surface area contributed by atoms with Crippen LogP contribution in [0.4, 0.5) is 0 Å². The van der Waals surface area contributed by atoms with Crippen molar-refractivity contribution in [2.24, 2.45) is 0 Å². The molecule has 3 rings (SSSR count). The molecule has 0 aliphatic heterocycles. The molecule has 0 amide bonds. The molecule has 0 saturated heterocycles. The van der Waals surface area contributed by atoms with Gasteiger partial charge in [-0.05, 0) is 60.8 Å². The molecule has 0 atom stereocenters. The summed E-state index contributed by atoms with van der Waals surface area (Å²) in [5.41, 5.74) is 3.02. The third kappa shape index (κ3) is 3.88. The Hall–Kier alpha value is -0.670. The lowest BCUT2D eigenvalue weighted by molar-refractivity contribution is 0.261. The Morgan fingerprint density at radius 3 is 2.72 bits per heavy atom. The number of likely N-dealkylation sites (N-methyl/N-ethyl adjacent to an activating group) is 1. The van der Waals surface area contributed by atoms with Crippen molar-refractivity contribution in [3.8, 4) is 16.9 Å². The van der Waals surface area contributed by atoms with Gasteiger partial charge >= 0.3 is 0 Å². The Balaban J connectivity index is 2.05. The fourth-order valence-corrected chi connectivity index (χ4v) is 5.07. The first-order valence-corrected chi connectivity index (χ1v) is 10.2. The van der Waals surface area contributed by atoms with Crippen molar-refractivity contribution < 1.29 is 4.74 Å². The minimum atomic E-state index is 0.459. The molecule has 0 unspecified atom stereocenters. The second-order valence-corrected chi connectivity index (χ2v) is 9.34. The van der Waals surface area contributed by atoms with Gasteiger partial charge in [-0.1, -0.05) is 29.3 Å². The molecule has 0 fully saturated rings. The zero-order valence-corrected chi connectivity index (χ0v) is 18.4. The predicted octanol–water partition coefficient (Wildman–Crippen LogP) is 5.52. The van der Waals surface area contributed by atoms with E-state index in [4.69, 9.17) is 27.9 Å². The molecule has 8 heteroatoms. The van der Waals surface area contributed by atoms with Crippen LogP contribution in [0.3, 0.4) is 0 Å². The van der Waals surface area contributed by atoms with Crippen LogP contribution in [0.25, 0.3) is 21.3 Å². The van der Waals surface area contributed by atoms with Gasteiger partial charge in [0, 0.05) is 12.1 Å². The maximum Gasteiger partial charge on any atom is 0.141 e. The van der Waals surface area contributed by atoms with E-state index < -0.39 is 0 Å². The highest BCUT2D eigenvalue weighted by Gasteiger charge is 2.20. The van der Waals surface area contributed by atoms with Crippen LogP contribution in [-0.4, -0.2) is 42.1 Å². The topological polar surface area (TPSA) is 38.3 Å². The largest absolute Gasteiger partial charge is 0.491 e. The Kier molecular flexibility index (Phi) is 6.05. The van der Waals surface area contributed by atoms with Crippen molar-refractivity contribution in [3.05, 3.63) is 37.1 Å². The highest BCUT2D eigenvalue weighted by Crippen LogP contribution is 2.44. The van der Waals surface area contributed by atoms with Crippen LogP contribution in [0.1, 0.15) is 5.56 Å². The molecule has 2 aromatic heterocycles. The van der Waals surface area contributed by atoms with Gasteiger partial charge in [0.2, 0.25) is 0 Å². The average molecular weight is 508 g/mol. The quantitative estimate of drug-likeness (QED) is 0.336. The van der Waals surface area contributed by atoms with E-state index in [0.717, 1.165) is 36.3 Å². The number of ether oxygens (including phenoxy) is 1. The number of hydrogen-bond acceptors (Lipinski definition) is 5. The zero-order chi connectivity index (χ0) is 18.1. The van der Waals surface area contributed by atoms with E-state index in [9.17, 15) is 0 Å². The monoisotopic (exact) mass is 507 g/mol. The minimum absolute atomic E-state index is 0.459. The van der Waals surface area contributed by atoms with Crippen LogP contribution >= 0.6 is 57.1 Å². The number of thiophene rings is 1. The van der Waals surface area contributed by atoms with E-state index in [0.29, 0.717) is 22.5 Å². The van der Waals surface area contributed by atoms with Crippen molar-refractivity contribution in [2.45, 2.75) is 6.92 Å². The number of benzene rings is 1. The smallest absolute Gasteiger partial charge is 0.141 e. The molecule has 3 aromatic rings. The number of nitrogens with zero attached hydrogens (tertiary/aromatic N) is 3. The standard InChI is InChI=1S/C17H16Cl2IN3OS/c1-9-10(4-5-11(14(9)18)24-7-6-23(2)3)12-13-15(19)21-8-22-17(13)25-16(12)20/h4-5,8H,6-7H2,1-3H3.